The molecule has 0 unspecified atom stereocenters. The predicted molar refractivity (Wildman–Crippen MR) is 125 cm³/mol. The van der Waals surface area contributed by atoms with Gasteiger partial charge in [0.15, 0.2) is 5.96 Å². The molecule has 2 aromatic heterocycles. The van der Waals surface area contributed by atoms with Crippen molar-refractivity contribution in [2.75, 3.05) is 13.1 Å². The Kier molecular flexibility index (Phi) is 8.27. The number of aromatic nitrogens is 3. The number of para-hydroxylation sites is 1. The summed E-state index contributed by atoms with van der Waals surface area (Å²) >= 11 is 0. The van der Waals surface area contributed by atoms with Gasteiger partial charge >= 0.3 is 0 Å². The van der Waals surface area contributed by atoms with Crippen LogP contribution < -0.4 is 10.6 Å². The molecule has 3 aromatic rings. The lowest BCUT2D eigenvalue weighted by Crippen LogP contribution is -2.37. The summed E-state index contributed by atoms with van der Waals surface area (Å²) in [4.78, 5) is 4.76. The lowest BCUT2D eigenvalue weighted by Gasteiger charge is -2.11. The highest BCUT2D eigenvalue weighted by Gasteiger charge is 2.13. The largest absolute Gasteiger partial charge is 0.361 e. The van der Waals surface area contributed by atoms with Gasteiger partial charge in [-0.05, 0) is 50.8 Å². The van der Waals surface area contributed by atoms with Crippen LogP contribution in [-0.4, -0.2) is 34.0 Å². The zero-order valence-electron chi connectivity index (χ0n) is 19.1. The van der Waals surface area contributed by atoms with E-state index in [1.807, 2.05) is 22.9 Å². The highest BCUT2D eigenvalue weighted by atomic mass is 16.5. The number of guanidine groups is 1. The Morgan fingerprint density at radius 3 is 2.61 bits per heavy atom. The lowest BCUT2D eigenvalue weighted by atomic mass is 10.1. The average Bonchev–Trinajstić information content (AvgIpc) is 3.38. The number of aryl methyl sites for hydroxylation is 4. The highest BCUT2D eigenvalue weighted by molar-refractivity contribution is 5.79. The molecule has 0 saturated carbocycles. The predicted octanol–water partition coefficient (Wildman–Crippen LogP) is 3.98. The van der Waals surface area contributed by atoms with Crippen molar-refractivity contribution >= 4 is 5.96 Å². The summed E-state index contributed by atoms with van der Waals surface area (Å²) in [5.41, 5.74) is 5.56. The van der Waals surface area contributed by atoms with Gasteiger partial charge < -0.3 is 15.2 Å². The van der Waals surface area contributed by atoms with Crippen molar-refractivity contribution in [3.8, 4) is 5.69 Å². The van der Waals surface area contributed by atoms with E-state index in [4.69, 9.17) is 9.52 Å². The fourth-order valence-corrected chi connectivity index (χ4v) is 3.56. The van der Waals surface area contributed by atoms with Crippen LogP contribution >= 0.6 is 0 Å². The van der Waals surface area contributed by atoms with Gasteiger partial charge in [0.2, 0.25) is 0 Å². The van der Waals surface area contributed by atoms with E-state index in [0.717, 1.165) is 73.1 Å². The first-order valence-corrected chi connectivity index (χ1v) is 11.2. The lowest BCUT2D eigenvalue weighted by molar-refractivity contribution is 0.380. The SMILES string of the molecule is CCNC(=NCc1c(CC)noc1CC)NCCCc1cn(-c2ccccc2)nc1C. The molecule has 7 heteroatoms. The van der Waals surface area contributed by atoms with Crippen LogP contribution in [0.1, 0.15) is 55.5 Å². The van der Waals surface area contributed by atoms with Crippen molar-refractivity contribution in [3.05, 3.63) is 64.8 Å². The first-order valence-electron chi connectivity index (χ1n) is 11.2. The summed E-state index contributed by atoms with van der Waals surface area (Å²) in [7, 11) is 0. The molecule has 0 aliphatic carbocycles. The first kappa shape index (κ1) is 22.6. The van der Waals surface area contributed by atoms with E-state index in [-0.39, 0.29) is 0 Å². The van der Waals surface area contributed by atoms with Crippen LogP contribution in [0.3, 0.4) is 0 Å². The van der Waals surface area contributed by atoms with E-state index in [9.17, 15) is 0 Å². The summed E-state index contributed by atoms with van der Waals surface area (Å²) in [5, 5.41) is 15.6. The Balaban J connectivity index is 1.55. The molecule has 7 nitrogen and oxygen atoms in total. The average molecular weight is 423 g/mol. The molecule has 3 rings (SSSR count). The molecule has 2 heterocycles. The van der Waals surface area contributed by atoms with Crippen molar-refractivity contribution in [3.63, 3.8) is 0 Å². The Morgan fingerprint density at radius 2 is 1.90 bits per heavy atom. The number of rotatable bonds is 10. The van der Waals surface area contributed by atoms with Gasteiger partial charge in [0.1, 0.15) is 5.76 Å². The standard InChI is InChI=1S/C24H34N6O/c1-5-22-21(23(6-2)31-29-22)16-27-24(25-7-3)26-15-11-12-19-17-30(28-18(19)4)20-13-9-8-10-14-20/h8-10,13-14,17H,5-7,11-12,15-16H2,1-4H3,(H2,25,26,27). The van der Waals surface area contributed by atoms with Crippen LogP contribution in [0.2, 0.25) is 0 Å². The van der Waals surface area contributed by atoms with Crippen LogP contribution in [0.25, 0.3) is 5.69 Å². The van der Waals surface area contributed by atoms with Crippen molar-refractivity contribution < 1.29 is 4.52 Å². The van der Waals surface area contributed by atoms with Crippen LogP contribution in [0.15, 0.2) is 46.0 Å². The van der Waals surface area contributed by atoms with Gasteiger partial charge in [0.25, 0.3) is 0 Å². The molecule has 166 valence electrons. The van der Waals surface area contributed by atoms with Gasteiger partial charge in [-0.2, -0.15) is 5.10 Å². The van der Waals surface area contributed by atoms with Gasteiger partial charge in [-0.25, -0.2) is 9.67 Å². The minimum Gasteiger partial charge on any atom is -0.361 e. The number of benzene rings is 1. The molecule has 31 heavy (non-hydrogen) atoms. The molecule has 0 aliphatic rings. The van der Waals surface area contributed by atoms with E-state index in [0.29, 0.717) is 6.54 Å². The summed E-state index contributed by atoms with van der Waals surface area (Å²) in [6.45, 7) is 10.6. The molecular formula is C24H34N6O. The molecule has 0 fully saturated rings. The fourth-order valence-electron chi connectivity index (χ4n) is 3.56. The molecular weight excluding hydrogens is 388 g/mol. The minimum absolute atomic E-state index is 0.578. The second kappa shape index (κ2) is 11.3. The fraction of sp³-hybridized carbons (Fsp3) is 0.458. The third-order valence-electron chi connectivity index (χ3n) is 5.28. The number of hydrogen-bond acceptors (Lipinski definition) is 4. The third kappa shape index (κ3) is 5.96. The maximum absolute atomic E-state index is 5.45. The van der Waals surface area contributed by atoms with Crippen molar-refractivity contribution in [1.29, 1.82) is 0 Å². The van der Waals surface area contributed by atoms with Crippen molar-refractivity contribution in [2.24, 2.45) is 4.99 Å². The Morgan fingerprint density at radius 1 is 1.10 bits per heavy atom. The smallest absolute Gasteiger partial charge is 0.191 e. The van der Waals surface area contributed by atoms with Crippen LogP contribution in [0.4, 0.5) is 0 Å². The summed E-state index contributed by atoms with van der Waals surface area (Å²) < 4.78 is 7.41. The molecule has 0 bridgehead atoms. The summed E-state index contributed by atoms with van der Waals surface area (Å²) in [6, 6.07) is 10.2. The number of nitrogens with zero attached hydrogens (tertiary/aromatic N) is 4. The zero-order valence-corrected chi connectivity index (χ0v) is 19.1. The number of aliphatic imine (C=N–C) groups is 1. The maximum atomic E-state index is 5.45. The van der Waals surface area contributed by atoms with Gasteiger partial charge in [0.05, 0.1) is 23.6 Å². The molecule has 1 aromatic carbocycles. The summed E-state index contributed by atoms with van der Waals surface area (Å²) in [5.74, 6) is 1.76. The highest BCUT2D eigenvalue weighted by Crippen LogP contribution is 2.17. The quantitative estimate of drug-likeness (QED) is 0.293. The number of hydrogen-bond donors (Lipinski definition) is 2. The second-order valence-electron chi connectivity index (χ2n) is 7.48. The van der Waals surface area contributed by atoms with E-state index < -0.39 is 0 Å². The van der Waals surface area contributed by atoms with Crippen molar-refractivity contribution in [2.45, 2.75) is 59.9 Å². The second-order valence-corrected chi connectivity index (χ2v) is 7.48. The van der Waals surface area contributed by atoms with Gasteiger partial charge in [0, 0.05) is 31.3 Å². The molecule has 2 N–H and O–H groups in total. The third-order valence-corrected chi connectivity index (χ3v) is 5.28. The Labute approximate surface area is 184 Å². The van der Waals surface area contributed by atoms with Crippen LogP contribution in [0, 0.1) is 6.92 Å². The van der Waals surface area contributed by atoms with Gasteiger partial charge in [-0.3, -0.25) is 0 Å². The van der Waals surface area contributed by atoms with Crippen molar-refractivity contribution in [1.82, 2.24) is 25.6 Å². The van der Waals surface area contributed by atoms with Gasteiger partial charge in [-0.1, -0.05) is 37.2 Å². The summed E-state index contributed by atoms with van der Waals surface area (Å²) in [6.07, 6.45) is 5.79. The van der Waals surface area contributed by atoms with E-state index in [2.05, 4.69) is 66.9 Å². The topological polar surface area (TPSA) is 80.3 Å². The van der Waals surface area contributed by atoms with Gasteiger partial charge in [-0.15, -0.1) is 0 Å². The zero-order chi connectivity index (χ0) is 22.1. The molecule has 0 radical (unpaired) electrons. The van der Waals surface area contributed by atoms with Crippen LogP contribution in [-0.2, 0) is 25.8 Å². The van der Waals surface area contributed by atoms with E-state index in [1.165, 1.54) is 5.56 Å². The molecule has 0 amide bonds. The first-order chi connectivity index (χ1) is 15.2. The van der Waals surface area contributed by atoms with Crippen LogP contribution in [0.5, 0.6) is 0 Å². The molecule has 0 saturated heterocycles. The monoisotopic (exact) mass is 422 g/mol. The van der Waals surface area contributed by atoms with E-state index >= 15 is 0 Å². The molecule has 0 atom stereocenters. The Hall–Kier alpha value is -3.09. The normalized spacial score (nSPS) is 11.7. The molecule has 0 aliphatic heterocycles. The van der Waals surface area contributed by atoms with E-state index in [1.54, 1.807) is 0 Å². The minimum atomic E-state index is 0.578. The molecule has 0 spiro atoms. The Bertz CT molecular complexity index is 952. The number of nitrogens with one attached hydrogen (secondary N) is 2. The maximum Gasteiger partial charge on any atom is 0.191 e.